The number of anilines is 1. The van der Waals surface area contributed by atoms with Crippen molar-refractivity contribution >= 4 is 50.3 Å². The summed E-state index contributed by atoms with van der Waals surface area (Å²) in [5.41, 5.74) is 2.17. The lowest BCUT2D eigenvalue weighted by molar-refractivity contribution is 0.475. The number of hydrogen-bond acceptors (Lipinski definition) is 6. The Kier molecular flexibility index (Phi) is 4.10. The van der Waals surface area contributed by atoms with E-state index in [1.54, 1.807) is 34.8 Å². The summed E-state index contributed by atoms with van der Waals surface area (Å²) in [6.07, 6.45) is 0. The molecule has 0 aliphatic carbocycles. The zero-order valence-corrected chi connectivity index (χ0v) is 14.8. The summed E-state index contributed by atoms with van der Waals surface area (Å²) in [5.74, 6) is 0.978. The Labute approximate surface area is 151 Å². The Bertz CT molecular complexity index is 981. The highest BCUT2D eigenvalue weighted by atomic mass is 35.5. The van der Waals surface area contributed by atoms with Crippen LogP contribution in [0.4, 0.5) is 5.82 Å². The number of hydrogen-bond donors (Lipinski definition) is 2. The molecule has 3 heterocycles. The lowest BCUT2D eigenvalue weighted by Crippen LogP contribution is -2.02. The normalized spacial score (nSPS) is 11.0. The van der Waals surface area contributed by atoms with Gasteiger partial charge in [0.05, 0.1) is 5.39 Å². The van der Waals surface area contributed by atoms with Crippen molar-refractivity contribution in [3.05, 3.63) is 58.0 Å². The van der Waals surface area contributed by atoms with Crippen molar-refractivity contribution in [2.24, 2.45) is 0 Å². The topological polar surface area (TPSA) is 58.0 Å². The number of rotatable bonds is 4. The summed E-state index contributed by atoms with van der Waals surface area (Å²) in [6.45, 7) is 0.586. The fourth-order valence-corrected chi connectivity index (χ4v) is 4.44. The SMILES string of the molecule is Oc1ccc(CNc2nc(Cl)nc3scc(-c4cccs4)c23)cc1. The predicted molar refractivity (Wildman–Crippen MR) is 101 cm³/mol. The summed E-state index contributed by atoms with van der Waals surface area (Å²) in [4.78, 5) is 10.8. The maximum Gasteiger partial charge on any atom is 0.225 e. The number of benzene rings is 1. The van der Waals surface area contributed by atoms with Crippen LogP contribution in [-0.2, 0) is 6.54 Å². The van der Waals surface area contributed by atoms with Crippen LogP contribution in [-0.4, -0.2) is 15.1 Å². The summed E-state index contributed by atoms with van der Waals surface area (Å²) >= 11 is 9.32. The first-order valence-corrected chi connectivity index (χ1v) is 9.35. The number of phenols is 1. The van der Waals surface area contributed by atoms with Gasteiger partial charge >= 0.3 is 0 Å². The van der Waals surface area contributed by atoms with Crippen LogP contribution in [0.1, 0.15) is 5.56 Å². The van der Waals surface area contributed by atoms with Gasteiger partial charge in [-0.25, -0.2) is 9.97 Å². The smallest absolute Gasteiger partial charge is 0.225 e. The van der Waals surface area contributed by atoms with Crippen molar-refractivity contribution < 1.29 is 5.11 Å². The van der Waals surface area contributed by atoms with Crippen molar-refractivity contribution in [1.29, 1.82) is 0 Å². The van der Waals surface area contributed by atoms with Crippen molar-refractivity contribution in [3.8, 4) is 16.2 Å². The molecule has 0 fully saturated rings. The van der Waals surface area contributed by atoms with Gasteiger partial charge in [0.15, 0.2) is 0 Å². The molecule has 0 saturated carbocycles. The highest BCUT2D eigenvalue weighted by Crippen LogP contribution is 2.39. The molecular weight excluding hydrogens is 362 g/mol. The maximum absolute atomic E-state index is 9.38. The lowest BCUT2D eigenvalue weighted by atomic mass is 10.2. The molecule has 1 aromatic carbocycles. The second-order valence-electron chi connectivity index (χ2n) is 5.17. The number of phenolic OH excluding ortho intramolecular Hbond substituents is 1. The van der Waals surface area contributed by atoms with Crippen LogP contribution in [0.25, 0.3) is 20.7 Å². The molecular formula is C17H12ClN3OS2. The number of thiophene rings is 2. The van der Waals surface area contributed by atoms with E-state index in [2.05, 4.69) is 32.1 Å². The van der Waals surface area contributed by atoms with Crippen LogP contribution in [0.5, 0.6) is 5.75 Å². The first-order chi connectivity index (χ1) is 11.7. The third-order valence-electron chi connectivity index (χ3n) is 3.59. The van der Waals surface area contributed by atoms with Gasteiger partial charge in [-0.3, -0.25) is 0 Å². The second-order valence-corrected chi connectivity index (χ2v) is 7.31. The van der Waals surface area contributed by atoms with Crippen LogP contribution in [0.2, 0.25) is 5.28 Å². The zero-order chi connectivity index (χ0) is 16.5. The summed E-state index contributed by atoms with van der Waals surface area (Å²) in [5, 5.41) is 18.1. The largest absolute Gasteiger partial charge is 0.508 e. The third-order valence-corrected chi connectivity index (χ3v) is 5.53. The average Bonchev–Trinajstić information content (AvgIpc) is 3.22. The van der Waals surface area contributed by atoms with Crippen molar-refractivity contribution in [3.63, 3.8) is 0 Å². The highest BCUT2D eigenvalue weighted by Gasteiger charge is 2.15. The van der Waals surface area contributed by atoms with Crippen LogP contribution in [0.15, 0.2) is 47.2 Å². The van der Waals surface area contributed by atoms with Gasteiger partial charge in [-0.15, -0.1) is 22.7 Å². The molecule has 0 radical (unpaired) electrons. The Morgan fingerprint density at radius 1 is 1.08 bits per heavy atom. The fourth-order valence-electron chi connectivity index (χ4n) is 2.46. The van der Waals surface area contributed by atoms with E-state index in [4.69, 9.17) is 11.6 Å². The van der Waals surface area contributed by atoms with E-state index in [1.807, 2.05) is 18.2 Å². The number of aromatic hydroxyl groups is 1. The molecule has 0 aliphatic rings. The van der Waals surface area contributed by atoms with E-state index in [0.29, 0.717) is 6.54 Å². The minimum atomic E-state index is 0.232. The lowest BCUT2D eigenvalue weighted by Gasteiger charge is -2.09. The minimum Gasteiger partial charge on any atom is -0.508 e. The van der Waals surface area contributed by atoms with Crippen molar-refractivity contribution in [1.82, 2.24) is 9.97 Å². The molecule has 4 aromatic rings. The van der Waals surface area contributed by atoms with E-state index >= 15 is 0 Å². The first-order valence-electron chi connectivity index (χ1n) is 7.21. The van der Waals surface area contributed by atoms with Crippen LogP contribution >= 0.6 is 34.3 Å². The Hall–Kier alpha value is -2.15. The van der Waals surface area contributed by atoms with Crippen molar-refractivity contribution in [2.75, 3.05) is 5.32 Å². The van der Waals surface area contributed by atoms with Gasteiger partial charge < -0.3 is 10.4 Å². The molecule has 0 spiro atoms. The van der Waals surface area contributed by atoms with Gasteiger partial charge in [-0.1, -0.05) is 18.2 Å². The molecule has 4 rings (SSSR count). The zero-order valence-electron chi connectivity index (χ0n) is 12.4. The number of nitrogens with zero attached hydrogens (tertiary/aromatic N) is 2. The summed E-state index contributed by atoms with van der Waals surface area (Å²) < 4.78 is 0. The van der Waals surface area contributed by atoms with Crippen molar-refractivity contribution in [2.45, 2.75) is 6.54 Å². The number of fused-ring (bicyclic) bond motifs is 1. The summed E-state index contributed by atoms with van der Waals surface area (Å²) in [7, 11) is 0. The van der Waals surface area contributed by atoms with Gasteiger partial charge in [0.1, 0.15) is 16.4 Å². The predicted octanol–water partition coefficient (Wildman–Crippen LogP) is 5.39. The van der Waals surface area contributed by atoms with Crippen LogP contribution in [0.3, 0.4) is 0 Å². The molecule has 7 heteroatoms. The van der Waals surface area contributed by atoms with E-state index in [9.17, 15) is 5.11 Å². The Morgan fingerprint density at radius 2 is 1.92 bits per heavy atom. The molecule has 0 bridgehead atoms. The molecule has 24 heavy (non-hydrogen) atoms. The quantitative estimate of drug-likeness (QED) is 0.471. The molecule has 4 nitrogen and oxygen atoms in total. The molecule has 0 atom stereocenters. The van der Waals surface area contributed by atoms with E-state index in [0.717, 1.165) is 27.2 Å². The molecule has 120 valence electrons. The monoisotopic (exact) mass is 373 g/mol. The first kappa shape index (κ1) is 15.4. The molecule has 3 aromatic heterocycles. The molecule has 0 amide bonds. The third kappa shape index (κ3) is 2.96. The highest BCUT2D eigenvalue weighted by molar-refractivity contribution is 7.18. The number of halogens is 1. The van der Waals surface area contributed by atoms with Gasteiger partial charge in [0.2, 0.25) is 5.28 Å². The van der Waals surface area contributed by atoms with E-state index in [1.165, 1.54) is 4.88 Å². The number of nitrogens with one attached hydrogen (secondary N) is 1. The fraction of sp³-hybridized carbons (Fsp3) is 0.0588. The Balaban J connectivity index is 1.73. The van der Waals surface area contributed by atoms with Gasteiger partial charge in [0.25, 0.3) is 0 Å². The van der Waals surface area contributed by atoms with E-state index < -0.39 is 0 Å². The number of aromatic nitrogens is 2. The summed E-state index contributed by atoms with van der Waals surface area (Å²) in [6, 6.07) is 11.2. The van der Waals surface area contributed by atoms with Crippen LogP contribution in [0, 0.1) is 0 Å². The minimum absolute atomic E-state index is 0.232. The molecule has 0 aliphatic heterocycles. The van der Waals surface area contributed by atoms with Gasteiger partial charge in [-0.05, 0) is 40.7 Å². The standard InChI is InChI=1S/C17H12ClN3OS2/c18-17-20-15(19-8-10-3-5-11(22)6-4-10)14-12(9-24-16(14)21-17)13-2-1-7-23-13/h1-7,9,22H,8H2,(H,19,20,21). The molecule has 0 saturated heterocycles. The second kappa shape index (κ2) is 6.39. The average molecular weight is 374 g/mol. The Morgan fingerprint density at radius 3 is 2.67 bits per heavy atom. The van der Waals surface area contributed by atoms with E-state index in [-0.39, 0.29) is 11.0 Å². The molecule has 2 N–H and O–H groups in total. The molecule has 0 unspecified atom stereocenters. The van der Waals surface area contributed by atoms with Gasteiger partial charge in [0, 0.05) is 22.4 Å². The van der Waals surface area contributed by atoms with Crippen LogP contribution < -0.4 is 5.32 Å². The maximum atomic E-state index is 9.38. The van der Waals surface area contributed by atoms with Gasteiger partial charge in [-0.2, -0.15) is 0 Å².